The molecule has 5 N–H and O–H groups in total. The summed E-state index contributed by atoms with van der Waals surface area (Å²) in [5.74, 6) is -2.40. The predicted molar refractivity (Wildman–Crippen MR) is 109 cm³/mol. The Morgan fingerprint density at radius 2 is 1.79 bits per heavy atom. The number of aliphatic hydroxyl groups excluding tert-OH is 2. The maximum absolute atomic E-state index is 14.6. The number of halogens is 2. The molecule has 1 amide bonds. The van der Waals surface area contributed by atoms with Crippen molar-refractivity contribution in [2.75, 3.05) is 5.32 Å². The molecule has 0 aliphatic carbocycles. The number of aliphatic hydroxyl groups is 2. The molecular weight excluding hydrogens is 398 g/mol. The zero-order valence-corrected chi connectivity index (χ0v) is 16.4. The lowest BCUT2D eigenvalue weighted by Crippen LogP contribution is -2.11. The summed E-state index contributed by atoms with van der Waals surface area (Å²) < 4.78 is 29.3. The van der Waals surface area contributed by atoms with Gasteiger partial charge in [0, 0.05) is 10.6 Å². The highest BCUT2D eigenvalue weighted by molar-refractivity contribution is 7.20. The Balaban J connectivity index is 2.01. The summed E-state index contributed by atoms with van der Waals surface area (Å²) >= 11 is 0.990. The van der Waals surface area contributed by atoms with Gasteiger partial charge in [-0.1, -0.05) is 19.1 Å². The minimum atomic E-state index is -0.961. The van der Waals surface area contributed by atoms with Gasteiger partial charge in [0.15, 0.2) is 0 Å². The summed E-state index contributed by atoms with van der Waals surface area (Å²) in [7, 11) is 0. The van der Waals surface area contributed by atoms with E-state index in [0.29, 0.717) is 17.1 Å². The average molecular weight is 418 g/mol. The molecule has 0 aliphatic rings. The van der Waals surface area contributed by atoms with Crippen LogP contribution in [0.3, 0.4) is 0 Å². The van der Waals surface area contributed by atoms with Crippen LogP contribution in [0.5, 0.6) is 0 Å². The summed E-state index contributed by atoms with van der Waals surface area (Å²) in [6.07, 6.45) is -0.636. The Morgan fingerprint density at radius 3 is 2.31 bits per heavy atom. The van der Waals surface area contributed by atoms with E-state index in [1.54, 1.807) is 31.2 Å². The van der Waals surface area contributed by atoms with Crippen LogP contribution >= 0.6 is 11.3 Å². The normalized spacial score (nSPS) is 12.0. The molecule has 1 atom stereocenters. The lowest BCUT2D eigenvalue weighted by atomic mass is 10.0. The van der Waals surface area contributed by atoms with Crippen LogP contribution in [0.4, 0.5) is 19.5 Å². The maximum Gasteiger partial charge on any atom is 0.251 e. The van der Waals surface area contributed by atoms with E-state index >= 15 is 0 Å². The Hall–Kier alpha value is -2.81. The molecule has 29 heavy (non-hydrogen) atoms. The van der Waals surface area contributed by atoms with Gasteiger partial charge in [0.25, 0.3) is 5.91 Å². The van der Waals surface area contributed by atoms with Crippen LogP contribution in [0, 0.1) is 11.6 Å². The molecule has 0 aliphatic heterocycles. The van der Waals surface area contributed by atoms with Crippen molar-refractivity contribution in [1.82, 2.24) is 0 Å². The number of rotatable bonds is 7. The highest BCUT2D eigenvalue weighted by atomic mass is 32.1. The molecule has 0 bridgehead atoms. The molecule has 3 aromatic rings. The Bertz CT molecular complexity index is 1010. The van der Waals surface area contributed by atoms with Crippen LogP contribution in [-0.4, -0.2) is 16.1 Å². The van der Waals surface area contributed by atoms with E-state index in [-0.39, 0.29) is 28.2 Å². The summed E-state index contributed by atoms with van der Waals surface area (Å²) in [6, 6.07) is 10.4. The Kier molecular flexibility index (Phi) is 6.26. The standard InChI is InChI=1S/C21H20F2N2O3S/c1-2-17(27)12-7-15(22)19(16(23)8-12)18-9-14(20(24)28)21(29-18)25-13-5-3-11(10-26)4-6-13/h3-9,17,25-27H,2,10H2,1H3,(H2,24,28). The maximum atomic E-state index is 14.6. The molecule has 5 nitrogen and oxygen atoms in total. The number of hydrogen-bond acceptors (Lipinski definition) is 5. The third kappa shape index (κ3) is 4.45. The van der Waals surface area contributed by atoms with Crippen molar-refractivity contribution >= 4 is 27.9 Å². The van der Waals surface area contributed by atoms with Gasteiger partial charge in [0.1, 0.15) is 16.6 Å². The van der Waals surface area contributed by atoms with Crippen LogP contribution in [0.15, 0.2) is 42.5 Å². The monoisotopic (exact) mass is 418 g/mol. The van der Waals surface area contributed by atoms with Crippen LogP contribution in [-0.2, 0) is 6.61 Å². The van der Waals surface area contributed by atoms with Crippen molar-refractivity contribution in [2.24, 2.45) is 5.73 Å². The van der Waals surface area contributed by atoms with E-state index in [0.717, 1.165) is 29.0 Å². The van der Waals surface area contributed by atoms with Crippen molar-refractivity contribution in [2.45, 2.75) is 26.1 Å². The average Bonchev–Trinajstić information content (AvgIpc) is 3.10. The molecule has 0 saturated carbocycles. The molecule has 8 heteroatoms. The van der Waals surface area contributed by atoms with Crippen molar-refractivity contribution in [3.05, 3.63) is 70.8 Å². The van der Waals surface area contributed by atoms with Gasteiger partial charge in [0.05, 0.1) is 23.8 Å². The van der Waals surface area contributed by atoms with Gasteiger partial charge in [-0.25, -0.2) is 8.78 Å². The first-order valence-corrected chi connectivity index (χ1v) is 9.73. The zero-order valence-electron chi connectivity index (χ0n) is 15.6. The first-order chi connectivity index (χ1) is 13.8. The zero-order chi connectivity index (χ0) is 21.1. The second kappa shape index (κ2) is 8.69. The molecule has 152 valence electrons. The van der Waals surface area contributed by atoms with E-state index in [1.165, 1.54) is 6.07 Å². The highest BCUT2D eigenvalue weighted by Gasteiger charge is 2.21. The van der Waals surface area contributed by atoms with Gasteiger partial charge in [0.2, 0.25) is 0 Å². The number of anilines is 2. The number of primary amides is 1. The van der Waals surface area contributed by atoms with E-state index < -0.39 is 23.6 Å². The fourth-order valence-corrected chi connectivity index (χ4v) is 4.00. The van der Waals surface area contributed by atoms with Crippen LogP contribution < -0.4 is 11.1 Å². The van der Waals surface area contributed by atoms with E-state index in [1.807, 2.05) is 0 Å². The van der Waals surface area contributed by atoms with Crippen molar-refractivity contribution in [3.8, 4) is 10.4 Å². The van der Waals surface area contributed by atoms with Gasteiger partial charge < -0.3 is 21.3 Å². The number of carbonyl (C=O) groups is 1. The largest absolute Gasteiger partial charge is 0.392 e. The molecule has 3 rings (SSSR count). The Labute approximate surface area is 170 Å². The SMILES string of the molecule is CCC(O)c1cc(F)c(-c2cc(C(N)=O)c(Nc3ccc(CO)cc3)s2)c(F)c1. The van der Waals surface area contributed by atoms with Gasteiger partial charge >= 0.3 is 0 Å². The number of benzene rings is 2. The summed E-state index contributed by atoms with van der Waals surface area (Å²) in [6.45, 7) is 1.61. The number of nitrogens with two attached hydrogens (primary N) is 1. The molecule has 0 spiro atoms. The summed E-state index contributed by atoms with van der Waals surface area (Å²) in [4.78, 5) is 12.0. The molecule has 1 aromatic heterocycles. The number of hydrogen-bond donors (Lipinski definition) is 4. The fourth-order valence-electron chi connectivity index (χ4n) is 2.87. The molecule has 2 aromatic carbocycles. The highest BCUT2D eigenvalue weighted by Crippen LogP contribution is 2.40. The first-order valence-electron chi connectivity index (χ1n) is 8.91. The van der Waals surface area contributed by atoms with Gasteiger partial charge in [-0.15, -0.1) is 11.3 Å². The third-order valence-corrected chi connectivity index (χ3v) is 5.54. The van der Waals surface area contributed by atoms with Crippen LogP contribution in [0.1, 0.15) is 40.9 Å². The fraction of sp³-hybridized carbons (Fsp3) is 0.190. The van der Waals surface area contributed by atoms with Gasteiger partial charge in [-0.3, -0.25) is 4.79 Å². The van der Waals surface area contributed by atoms with Gasteiger partial charge in [-0.2, -0.15) is 0 Å². The Morgan fingerprint density at radius 1 is 1.17 bits per heavy atom. The summed E-state index contributed by atoms with van der Waals surface area (Å²) in [5, 5.41) is 22.3. The quantitative estimate of drug-likeness (QED) is 0.455. The van der Waals surface area contributed by atoms with E-state index in [2.05, 4.69) is 5.32 Å². The number of amides is 1. The lowest BCUT2D eigenvalue weighted by molar-refractivity contribution is 0.100. The van der Waals surface area contributed by atoms with Crippen molar-refractivity contribution < 1.29 is 23.8 Å². The lowest BCUT2D eigenvalue weighted by Gasteiger charge is -2.11. The number of nitrogens with one attached hydrogen (secondary N) is 1. The van der Waals surface area contributed by atoms with E-state index in [4.69, 9.17) is 10.8 Å². The second-order valence-corrected chi connectivity index (χ2v) is 7.53. The van der Waals surface area contributed by atoms with Crippen molar-refractivity contribution in [3.63, 3.8) is 0 Å². The molecule has 1 heterocycles. The predicted octanol–water partition coefficient (Wildman–Crippen LogP) is 4.47. The molecule has 1 unspecified atom stereocenters. The van der Waals surface area contributed by atoms with Crippen molar-refractivity contribution in [1.29, 1.82) is 0 Å². The first kappa shape index (κ1) is 20.9. The van der Waals surface area contributed by atoms with E-state index in [9.17, 15) is 18.7 Å². The second-order valence-electron chi connectivity index (χ2n) is 6.48. The molecule has 0 radical (unpaired) electrons. The minimum absolute atomic E-state index is 0.1000. The number of carbonyl (C=O) groups excluding carboxylic acids is 1. The molecule has 0 saturated heterocycles. The minimum Gasteiger partial charge on any atom is -0.392 e. The topological polar surface area (TPSA) is 95.6 Å². The van der Waals surface area contributed by atoms with Crippen LogP contribution in [0.25, 0.3) is 10.4 Å². The molecular formula is C21H20F2N2O3S. The number of thiophene rings is 1. The third-order valence-electron chi connectivity index (χ3n) is 4.47. The van der Waals surface area contributed by atoms with Gasteiger partial charge in [-0.05, 0) is 47.9 Å². The molecule has 0 fully saturated rings. The summed E-state index contributed by atoms with van der Waals surface area (Å²) in [5.41, 5.74) is 6.75. The van der Waals surface area contributed by atoms with Crippen LogP contribution in [0.2, 0.25) is 0 Å². The smallest absolute Gasteiger partial charge is 0.251 e.